The van der Waals surface area contributed by atoms with Crippen LogP contribution in [0.3, 0.4) is 0 Å². The molecule has 0 fully saturated rings. The molecule has 0 aliphatic carbocycles. The van der Waals surface area contributed by atoms with Crippen molar-refractivity contribution >= 4 is 29.0 Å². The Hall–Kier alpha value is -3.62. The number of aromatic amines is 1. The lowest BCUT2D eigenvalue weighted by Crippen LogP contribution is -2.45. The molecule has 3 N–H and O–H groups in total. The van der Waals surface area contributed by atoms with Crippen LogP contribution < -0.4 is 21.9 Å². The highest BCUT2D eigenvalue weighted by atomic mass is 16.2. The van der Waals surface area contributed by atoms with Gasteiger partial charge in [0.1, 0.15) is 12.4 Å². The van der Waals surface area contributed by atoms with Crippen molar-refractivity contribution < 1.29 is 9.59 Å². The van der Waals surface area contributed by atoms with E-state index in [9.17, 15) is 19.2 Å². The number of carbonyl (C=O) groups is 2. The molecule has 1 aromatic heterocycles. The first kappa shape index (κ1) is 24.0. The minimum absolute atomic E-state index is 0.0517. The first-order valence-electron chi connectivity index (χ1n) is 11.2. The van der Waals surface area contributed by atoms with Crippen molar-refractivity contribution in [3.63, 3.8) is 0 Å². The number of nitrogens with two attached hydrogens (primary N) is 1. The van der Waals surface area contributed by atoms with Gasteiger partial charge in [-0.1, -0.05) is 52.0 Å². The summed E-state index contributed by atoms with van der Waals surface area (Å²) in [6.07, 6.45) is 2.12. The van der Waals surface area contributed by atoms with Gasteiger partial charge >= 0.3 is 5.69 Å². The van der Waals surface area contributed by atoms with E-state index in [-0.39, 0.29) is 36.4 Å². The molecule has 2 heterocycles. The summed E-state index contributed by atoms with van der Waals surface area (Å²) in [7, 11) is 0. The topological polar surface area (TPSA) is 121 Å². The highest BCUT2D eigenvalue weighted by Crippen LogP contribution is 2.31. The normalized spacial score (nSPS) is 13.0. The molecule has 0 saturated heterocycles. The van der Waals surface area contributed by atoms with E-state index in [1.165, 1.54) is 14.4 Å². The third-order valence-corrected chi connectivity index (χ3v) is 5.78. The fourth-order valence-corrected chi connectivity index (χ4v) is 3.85. The second kappa shape index (κ2) is 9.89. The zero-order valence-electron chi connectivity index (χ0n) is 19.4. The molecule has 0 saturated carbocycles. The zero-order chi connectivity index (χ0) is 24.3. The number of carbonyl (C=O) groups excluding carboxylic acids is 2. The molecule has 33 heavy (non-hydrogen) atoms. The Morgan fingerprint density at radius 1 is 1.18 bits per heavy atom. The van der Waals surface area contributed by atoms with E-state index in [1.807, 2.05) is 20.8 Å². The van der Waals surface area contributed by atoms with Crippen molar-refractivity contribution in [1.29, 1.82) is 0 Å². The summed E-state index contributed by atoms with van der Waals surface area (Å²) in [5, 5.41) is 0. The third-order valence-electron chi connectivity index (χ3n) is 5.78. The van der Waals surface area contributed by atoms with E-state index in [4.69, 9.17) is 5.73 Å². The number of benzene rings is 1. The SMILES string of the molecule is C=C1c2ccccc2C(=O)N1CC(=O)N(CCC(C)C)c1c(N)n(CCCC)c(=O)[nH]c1=O. The van der Waals surface area contributed by atoms with Crippen molar-refractivity contribution in [1.82, 2.24) is 14.5 Å². The van der Waals surface area contributed by atoms with Gasteiger partial charge in [0.05, 0.1) is 0 Å². The smallest absolute Gasteiger partial charge is 0.330 e. The Morgan fingerprint density at radius 3 is 2.45 bits per heavy atom. The number of hydrogen-bond acceptors (Lipinski definition) is 5. The van der Waals surface area contributed by atoms with Crippen LogP contribution in [0.4, 0.5) is 11.5 Å². The van der Waals surface area contributed by atoms with Gasteiger partial charge in [-0.25, -0.2) is 4.79 Å². The molecule has 3 rings (SSSR count). The van der Waals surface area contributed by atoms with Gasteiger partial charge in [0.25, 0.3) is 11.5 Å². The predicted molar refractivity (Wildman–Crippen MR) is 129 cm³/mol. The summed E-state index contributed by atoms with van der Waals surface area (Å²) in [4.78, 5) is 56.3. The molecular weight excluding hydrogens is 422 g/mol. The first-order valence-corrected chi connectivity index (χ1v) is 11.2. The fraction of sp³-hybridized carbons (Fsp3) is 0.417. The average Bonchev–Trinajstić information content (AvgIpc) is 3.00. The Kier molecular flexibility index (Phi) is 7.20. The summed E-state index contributed by atoms with van der Waals surface area (Å²) >= 11 is 0. The molecule has 9 nitrogen and oxygen atoms in total. The van der Waals surface area contributed by atoms with Gasteiger partial charge in [0.15, 0.2) is 5.69 Å². The number of rotatable bonds is 9. The van der Waals surface area contributed by atoms with E-state index >= 15 is 0 Å². The molecule has 0 spiro atoms. The van der Waals surface area contributed by atoms with Crippen molar-refractivity contribution in [3.8, 4) is 0 Å². The first-order chi connectivity index (χ1) is 15.7. The molecule has 1 aromatic carbocycles. The number of aromatic nitrogens is 2. The number of amides is 2. The van der Waals surface area contributed by atoms with Crippen LogP contribution in [0.5, 0.6) is 0 Å². The molecular formula is C24H31N5O4. The van der Waals surface area contributed by atoms with E-state index in [0.29, 0.717) is 36.2 Å². The average molecular weight is 454 g/mol. The van der Waals surface area contributed by atoms with Gasteiger partial charge in [-0.2, -0.15) is 0 Å². The summed E-state index contributed by atoms with van der Waals surface area (Å²) in [6, 6.07) is 7.03. The molecule has 0 bridgehead atoms. The Balaban J connectivity index is 1.98. The van der Waals surface area contributed by atoms with Crippen LogP contribution in [0.15, 0.2) is 40.4 Å². The second-order valence-electron chi connectivity index (χ2n) is 8.61. The number of unbranched alkanes of at least 4 members (excludes halogenated alkanes) is 1. The largest absolute Gasteiger partial charge is 0.383 e. The predicted octanol–water partition coefficient (Wildman–Crippen LogP) is 2.42. The maximum atomic E-state index is 13.5. The standard InChI is InChI=1S/C24H31N5O4/c1-5-6-12-28-21(25)20(22(31)26-24(28)33)27(13-11-15(2)3)19(30)14-29-16(4)17-9-7-8-10-18(17)23(29)32/h7-10,15H,4-6,11-14,25H2,1-3H3,(H,26,31,33). The van der Waals surface area contributed by atoms with Crippen LogP contribution in [0, 0.1) is 5.92 Å². The van der Waals surface area contributed by atoms with Gasteiger partial charge in [-0.3, -0.25) is 28.8 Å². The second-order valence-corrected chi connectivity index (χ2v) is 8.61. The molecule has 2 aromatic rings. The zero-order valence-corrected chi connectivity index (χ0v) is 19.4. The third kappa shape index (κ3) is 4.76. The molecule has 176 valence electrons. The van der Waals surface area contributed by atoms with Gasteiger partial charge in [-0.05, 0) is 24.8 Å². The highest BCUT2D eigenvalue weighted by molar-refractivity contribution is 6.11. The van der Waals surface area contributed by atoms with Crippen LogP contribution in [0.25, 0.3) is 5.70 Å². The summed E-state index contributed by atoms with van der Waals surface area (Å²) in [5.74, 6) is -0.596. The molecule has 0 radical (unpaired) electrons. The fourth-order valence-electron chi connectivity index (χ4n) is 3.85. The van der Waals surface area contributed by atoms with Gasteiger partial charge in [0.2, 0.25) is 5.91 Å². The highest BCUT2D eigenvalue weighted by Gasteiger charge is 2.34. The van der Waals surface area contributed by atoms with Crippen LogP contribution in [-0.2, 0) is 11.3 Å². The lowest BCUT2D eigenvalue weighted by Gasteiger charge is -2.27. The van der Waals surface area contributed by atoms with Crippen molar-refractivity contribution in [2.24, 2.45) is 5.92 Å². The van der Waals surface area contributed by atoms with Crippen molar-refractivity contribution in [2.75, 3.05) is 23.7 Å². The molecule has 9 heteroatoms. The minimum atomic E-state index is -0.725. The molecule has 0 atom stereocenters. The number of fused-ring (bicyclic) bond motifs is 1. The minimum Gasteiger partial charge on any atom is -0.383 e. The van der Waals surface area contributed by atoms with Crippen LogP contribution in [0.1, 0.15) is 56.0 Å². The van der Waals surface area contributed by atoms with Gasteiger partial charge in [-0.15, -0.1) is 0 Å². The molecule has 0 unspecified atom stereocenters. The maximum Gasteiger partial charge on any atom is 0.330 e. The number of hydrogen-bond donors (Lipinski definition) is 2. The van der Waals surface area contributed by atoms with E-state index in [1.54, 1.807) is 24.3 Å². The maximum absolute atomic E-state index is 13.5. The summed E-state index contributed by atoms with van der Waals surface area (Å²) < 4.78 is 1.28. The number of nitrogen functional groups attached to an aromatic ring is 1. The van der Waals surface area contributed by atoms with Gasteiger partial charge in [0, 0.05) is 29.9 Å². The van der Waals surface area contributed by atoms with Crippen molar-refractivity contribution in [2.45, 2.75) is 46.6 Å². The van der Waals surface area contributed by atoms with E-state index in [2.05, 4.69) is 11.6 Å². The lowest BCUT2D eigenvalue weighted by atomic mass is 10.1. The van der Waals surface area contributed by atoms with Crippen LogP contribution >= 0.6 is 0 Å². The van der Waals surface area contributed by atoms with Crippen LogP contribution in [-0.4, -0.2) is 39.4 Å². The van der Waals surface area contributed by atoms with Gasteiger partial charge < -0.3 is 10.6 Å². The quantitative estimate of drug-likeness (QED) is 0.604. The van der Waals surface area contributed by atoms with Crippen molar-refractivity contribution in [3.05, 3.63) is 62.8 Å². The number of H-pyrrole nitrogens is 1. The molecule has 1 aliphatic rings. The molecule has 2 amide bonds. The summed E-state index contributed by atoms with van der Waals surface area (Å²) in [6.45, 7) is 10.2. The summed E-state index contributed by atoms with van der Waals surface area (Å²) in [5.41, 5.74) is 6.45. The Labute approximate surface area is 192 Å². The number of nitrogens with zero attached hydrogens (tertiary/aromatic N) is 3. The lowest BCUT2D eigenvalue weighted by molar-refractivity contribution is -0.118. The monoisotopic (exact) mass is 453 g/mol. The Bertz CT molecular complexity index is 1160. The molecule has 1 aliphatic heterocycles. The Morgan fingerprint density at radius 2 is 1.85 bits per heavy atom. The van der Waals surface area contributed by atoms with Crippen LogP contribution in [0.2, 0.25) is 0 Å². The van der Waals surface area contributed by atoms with E-state index in [0.717, 1.165) is 6.42 Å². The van der Waals surface area contributed by atoms with E-state index < -0.39 is 17.2 Å². The number of nitrogens with one attached hydrogen (secondary N) is 1. The number of anilines is 2.